The van der Waals surface area contributed by atoms with Crippen molar-refractivity contribution in [1.82, 2.24) is 5.32 Å². The lowest BCUT2D eigenvalue weighted by atomic mass is 10.1. The minimum Gasteiger partial charge on any atom is -0.309 e. The molecule has 1 aromatic carbocycles. The Morgan fingerprint density at radius 2 is 2.00 bits per heavy atom. The third-order valence-electron chi connectivity index (χ3n) is 2.55. The molecule has 0 heterocycles. The number of nitriles is 1. The molecule has 0 amide bonds. The van der Waals surface area contributed by atoms with Crippen molar-refractivity contribution in [2.24, 2.45) is 0 Å². The molecule has 0 saturated heterocycles. The number of hydrogen-bond donors (Lipinski definition) is 1. The lowest BCUT2D eigenvalue weighted by Gasteiger charge is -2.13. The van der Waals surface area contributed by atoms with Crippen LogP contribution in [0.2, 0.25) is 0 Å². The number of aryl methyl sites for hydroxylation is 1. The summed E-state index contributed by atoms with van der Waals surface area (Å²) in [5.74, 6) is 0. The summed E-state index contributed by atoms with van der Waals surface area (Å²) in [4.78, 5) is 0. The van der Waals surface area contributed by atoms with Crippen molar-refractivity contribution in [3.05, 3.63) is 35.4 Å². The van der Waals surface area contributed by atoms with Crippen molar-refractivity contribution in [2.75, 3.05) is 0 Å². The van der Waals surface area contributed by atoms with Crippen molar-refractivity contribution in [3.8, 4) is 6.07 Å². The molecule has 80 valence electrons. The second-order valence-corrected chi connectivity index (χ2v) is 3.83. The summed E-state index contributed by atoms with van der Waals surface area (Å²) in [7, 11) is 0. The molecule has 2 heteroatoms. The van der Waals surface area contributed by atoms with Crippen molar-refractivity contribution >= 4 is 0 Å². The first-order valence-electron chi connectivity index (χ1n) is 5.42. The molecule has 1 N–H and O–H groups in total. The third kappa shape index (κ3) is 4.14. The second kappa shape index (κ2) is 6.21. The minimum absolute atomic E-state index is 0.316. The van der Waals surface area contributed by atoms with E-state index >= 15 is 0 Å². The largest absolute Gasteiger partial charge is 0.309 e. The Balaban J connectivity index is 2.42. The van der Waals surface area contributed by atoms with Gasteiger partial charge in [-0.15, -0.1) is 0 Å². The van der Waals surface area contributed by atoms with E-state index in [-0.39, 0.29) is 0 Å². The Hall–Kier alpha value is -1.33. The maximum atomic E-state index is 8.61. The quantitative estimate of drug-likeness (QED) is 0.797. The first-order valence-corrected chi connectivity index (χ1v) is 5.42. The highest BCUT2D eigenvalue weighted by Gasteiger charge is 2.03. The summed E-state index contributed by atoms with van der Waals surface area (Å²) in [6, 6.07) is 11.0. The van der Waals surface area contributed by atoms with Crippen LogP contribution in [0.4, 0.5) is 0 Å². The van der Waals surface area contributed by atoms with E-state index in [9.17, 15) is 0 Å². The number of hydrogen-bond acceptors (Lipinski definition) is 2. The van der Waals surface area contributed by atoms with Gasteiger partial charge in [0.1, 0.15) is 0 Å². The van der Waals surface area contributed by atoms with Crippen LogP contribution in [0.3, 0.4) is 0 Å². The first-order chi connectivity index (χ1) is 7.26. The fourth-order valence-electron chi connectivity index (χ4n) is 1.44. The van der Waals surface area contributed by atoms with E-state index in [2.05, 4.69) is 49.5 Å². The minimum atomic E-state index is 0.316. The van der Waals surface area contributed by atoms with Crippen LogP contribution in [0.15, 0.2) is 24.3 Å². The molecule has 1 aromatic rings. The SMILES string of the molecule is CCC(CC#N)NCc1ccc(C)cc1. The number of nitrogens with one attached hydrogen (secondary N) is 1. The van der Waals surface area contributed by atoms with Crippen molar-refractivity contribution < 1.29 is 0 Å². The van der Waals surface area contributed by atoms with E-state index < -0.39 is 0 Å². The smallest absolute Gasteiger partial charge is 0.0638 e. The van der Waals surface area contributed by atoms with Gasteiger partial charge in [-0.2, -0.15) is 5.26 Å². The summed E-state index contributed by atoms with van der Waals surface area (Å²) in [6.07, 6.45) is 1.59. The first kappa shape index (κ1) is 11.7. The van der Waals surface area contributed by atoms with E-state index in [0.717, 1.165) is 13.0 Å². The predicted octanol–water partition coefficient (Wildman–Crippen LogP) is 2.78. The lowest BCUT2D eigenvalue weighted by Crippen LogP contribution is -2.27. The average molecular weight is 202 g/mol. The lowest BCUT2D eigenvalue weighted by molar-refractivity contribution is 0.505. The molecule has 0 fully saturated rings. The fourth-order valence-corrected chi connectivity index (χ4v) is 1.44. The highest BCUT2D eigenvalue weighted by molar-refractivity contribution is 5.21. The van der Waals surface area contributed by atoms with Crippen LogP contribution < -0.4 is 5.32 Å². The van der Waals surface area contributed by atoms with Gasteiger partial charge in [0, 0.05) is 12.6 Å². The number of nitrogens with zero attached hydrogens (tertiary/aromatic N) is 1. The monoisotopic (exact) mass is 202 g/mol. The van der Waals surface area contributed by atoms with Crippen LogP contribution in [-0.2, 0) is 6.54 Å². The molecule has 0 aliphatic carbocycles. The standard InChI is InChI=1S/C13H18N2/c1-3-13(8-9-14)15-10-12-6-4-11(2)5-7-12/h4-7,13,15H,3,8,10H2,1-2H3. The maximum Gasteiger partial charge on any atom is 0.0638 e. The van der Waals surface area contributed by atoms with Crippen LogP contribution in [0.5, 0.6) is 0 Å². The Labute approximate surface area is 91.9 Å². The molecule has 1 atom stereocenters. The molecule has 2 nitrogen and oxygen atoms in total. The summed E-state index contributed by atoms with van der Waals surface area (Å²) >= 11 is 0. The Bertz CT molecular complexity index is 321. The zero-order valence-electron chi connectivity index (χ0n) is 9.46. The molecule has 0 radical (unpaired) electrons. The molecule has 0 spiro atoms. The normalized spacial score (nSPS) is 12.1. The van der Waals surface area contributed by atoms with Crippen LogP contribution in [0.1, 0.15) is 30.9 Å². The van der Waals surface area contributed by atoms with Gasteiger partial charge < -0.3 is 5.32 Å². The van der Waals surface area contributed by atoms with E-state index in [1.807, 2.05) is 0 Å². The van der Waals surface area contributed by atoms with Crippen LogP contribution >= 0.6 is 0 Å². The van der Waals surface area contributed by atoms with E-state index in [1.165, 1.54) is 11.1 Å². The van der Waals surface area contributed by atoms with Gasteiger partial charge in [0.05, 0.1) is 12.5 Å². The van der Waals surface area contributed by atoms with Gasteiger partial charge in [0.25, 0.3) is 0 Å². The predicted molar refractivity (Wildman–Crippen MR) is 62.3 cm³/mol. The highest BCUT2D eigenvalue weighted by Crippen LogP contribution is 2.04. The van der Waals surface area contributed by atoms with Crippen LogP contribution in [0.25, 0.3) is 0 Å². The van der Waals surface area contributed by atoms with Crippen molar-refractivity contribution in [2.45, 2.75) is 39.3 Å². The zero-order valence-corrected chi connectivity index (χ0v) is 9.46. The zero-order chi connectivity index (χ0) is 11.1. The van der Waals surface area contributed by atoms with Gasteiger partial charge >= 0.3 is 0 Å². The number of benzene rings is 1. The van der Waals surface area contributed by atoms with Crippen LogP contribution in [0, 0.1) is 18.3 Å². The van der Waals surface area contributed by atoms with Gasteiger partial charge in [-0.1, -0.05) is 36.8 Å². The Morgan fingerprint density at radius 3 is 2.53 bits per heavy atom. The molecule has 1 rings (SSSR count). The topological polar surface area (TPSA) is 35.8 Å². The summed E-state index contributed by atoms with van der Waals surface area (Å²) in [5.41, 5.74) is 2.56. The van der Waals surface area contributed by atoms with E-state index in [1.54, 1.807) is 0 Å². The molecule has 0 aliphatic heterocycles. The molecule has 0 bridgehead atoms. The fraction of sp³-hybridized carbons (Fsp3) is 0.462. The second-order valence-electron chi connectivity index (χ2n) is 3.83. The van der Waals surface area contributed by atoms with Crippen molar-refractivity contribution in [3.63, 3.8) is 0 Å². The average Bonchev–Trinajstić information content (AvgIpc) is 2.26. The summed E-state index contributed by atoms with van der Waals surface area (Å²) in [5, 5.41) is 12.0. The summed E-state index contributed by atoms with van der Waals surface area (Å²) in [6.45, 7) is 5.03. The van der Waals surface area contributed by atoms with Crippen molar-refractivity contribution in [1.29, 1.82) is 5.26 Å². The highest BCUT2D eigenvalue weighted by atomic mass is 14.9. The molecule has 0 aromatic heterocycles. The molecule has 15 heavy (non-hydrogen) atoms. The van der Waals surface area contributed by atoms with Gasteiger partial charge in [-0.05, 0) is 18.9 Å². The maximum absolute atomic E-state index is 8.61. The third-order valence-corrected chi connectivity index (χ3v) is 2.55. The summed E-state index contributed by atoms with van der Waals surface area (Å²) < 4.78 is 0. The van der Waals surface area contributed by atoms with Crippen LogP contribution in [-0.4, -0.2) is 6.04 Å². The van der Waals surface area contributed by atoms with Gasteiger partial charge in [-0.25, -0.2) is 0 Å². The Morgan fingerprint density at radius 1 is 1.33 bits per heavy atom. The molecule has 0 aliphatic rings. The van der Waals surface area contributed by atoms with E-state index in [4.69, 9.17) is 5.26 Å². The Kier molecular flexibility index (Phi) is 4.86. The van der Waals surface area contributed by atoms with Gasteiger partial charge in [0.15, 0.2) is 0 Å². The number of rotatable bonds is 5. The molecule has 0 saturated carbocycles. The molecular formula is C13H18N2. The van der Waals surface area contributed by atoms with Gasteiger partial charge in [0.2, 0.25) is 0 Å². The van der Waals surface area contributed by atoms with Gasteiger partial charge in [-0.3, -0.25) is 0 Å². The molecular weight excluding hydrogens is 184 g/mol. The van der Waals surface area contributed by atoms with E-state index in [0.29, 0.717) is 12.5 Å². The molecule has 1 unspecified atom stereocenters.